The van der Waals surface area contributed by atoms with Gasteiger partial charge in [0.15, 0.2) is 5.13 Å². The van der Waals surface area contributed by atoms with E-state index in [1.165, 1.54) is 11.3 Å². The zero-order valence-electron chi connectivity index (χ0n) is 11.5. The third-order valence-corrected chi connectivity index (χ3v) is 3.74. The molecule has 2 rings (SSSR count). The van der Waals surface area contributed by atoms with Crippen molar-refractivity contribution in [2.75, 3.05) is 24.6 Å². The highest BCUT2D eigenvalue weighted by Crippen LogP contribution is 2.26. The monoisotopic (exact) mass is 294 g/mol. The van der Waals surface area contributed by atoms with Gasteiger partial charge in [-0.2, -0.15) is 0 Å². The average molecular weight is 294 g/mol. The molecule has 2 heterocycles. The van der Waals surface area contributed by atoms with E-state index in [9.17, 15) is 4.79 Å². The number of anilines is 2. The van der Waals surface area contributed by atoms with Crippen molar-refractivity contribution < 1.29 is 9.21 Å². The lowest BCUT2D eigenvalue weighted by Gasteiger charge is -2.14. The summed E-state index contributed by atoms with van der Waals surface area (Å²) >= 11 is 1.29. The summed E-state index contributed by atoms with van der Waals surface area (Å²) in [5.74, 6) is 0.142. The molecule has 2 aromatic rings. The Morgan fingerprint density at radius 3 is 3.05 bits per heavy atom. The molecule has 0 atom stereocenters. The van der Waals surface area contributed by atoms with E-state index >= 15 is 0 Å². The number of nitrogens with one attached hydrogen (secondary N) is 1. The van der Waals surface area contributed by atoms with Crippen LogP contribution in [-0.4, -0.2) is 29.4 Å². The number of carbonyl (C=O) groups is 1. The molecule has 0 aliphatic rings. The lowest BCUT2D eigenvalue weighted by Crippen LogP contribution is -2.25. The molecule has 0 fully saturated rings. The molecule has 0 spiro atoms. The Labute approximate surface area is 121 Å². The summed E-state index contributed by atoms with van der Waals surface area (Å²) in [6.45, 7) is 3.35. The third kappa shape index (κ3) is 3.30. The van der Waals surface area contributed by atoms with Crippen molar-refractivity contribution in [1.29, 1.82) is 0 Å². The number of carbonyl (C=O) groups excluding carboxylic acids is 1. The summed E-state index contributed by atoms with van der Waals surface area (Å²) in [6, 6.07) is 1.83. The predicted molar refractivity (Wildman–Crippen MR) is 79.8 cm³/mol. The Kier molecular flexibility index (Phi) is 4.62. The number of amides is 1. The number of hydrogen-bond acceptors (Lipinski definition) is 6. The minimum absolute atomic E-state index is 0.134. The Bertz CT molecular complexity index is 565. The highest BCUT2D eigenvalue weighted by molar-refractivity contribution is 7.18. The summed E-state index contributed by atoms with van der Waals surface area (Å²) < 4.78 is 4.99. The van der Waals surface area contributed by atoms with E-state index in [2.05, 4.69) is 17.2 Å². The van der Waals surface area contributed by atoms with E-state index in [0.29, 0.717) is 16.6 Å². The van der Waals surface area contributed by atoms with Crippen LogP contribution in [0.3, 0.4) is 0 Å². The van der Waals surface area contributed by atoms with Gasteiger partial charge in [0.05, 0.1) is 12.5 Å². The number of aromatic nitrogens is 1. The van der Waals surface area contributed by atoms with Crippen molar-refractivity contribution in [3.8, 4) is 0 Å². The number of thiazole rings is 1. The molecule has 108 valence electrons. The van der Waals surface area contributed by atoms with Gasteiger partial charge in [-0.25, -0.2) is 4.98 Å². The first-order valence-electron chi connectivity index (χ1n) is 6.38. The summed E-state index contributed by atoms with van der Waals surface area (Å²) in [5, 5.41) is 3.82. The van der Waals surface area contributed by atoms with Crippen LogP contribution in [0.15, 0.2) is 23.0 Å². The summed E-state index contributed by atoms with van der Waals surface area (Å²) in [4.78, 5) is 18.6. The highest BCUT2D eigenvalue weighted by Gasteiger charge is 2.20. The fraction of sp³-hybridized carbons (Fsp3) is 0.385. The number of nitrogens with two attached hydrogens (primary N) is 1. The van der Waals surface area contributed by atoms with E-state index in [-0.39, 0.29) is 11.7 Å². The van der Waals surface area contributed by atoms with Gasteiger partial charge in [0, 0.05) is 25.7 Å². The molecule has 0 bridgehead atoms. The van der Waals surface area contributed by atoms with Crippen molar-refractivity contribution in [1.82, 2.24) is 9.88 Å². The van der Waals surface area contributed by atoms with Crippen LogP contribution in [0.1, 0.15) is 28.6 Å². The number of rotatable bonds is 6. The van der Waals surface area contributed by atoms with E-state index in [1.54, 1.807) is 24.5 Å². The van der Waals surface area contributed by atoms with E-state index < -0.39 is 0 Å². The van der Waals surface area contributed by atoms with Crippen LogP contribution in [0.25, 0.3) is 0 Å². The van der Waals surface area contributed by atoms with Crippen molar-refractivity contribution in [2.24, 2.45) is 0 Å². The number of nitrogens with zero attached hydrogens (tertiary/aromatic N) is 2. The van der Waals surface area contributed by atoms with Gasteiger partial charge in [0.25, 0.3) is 5.91 Å². The summed E-state index contributed by atoms with van der Waals surface area (Å²) in [5.41, 5.74) is 6.76. The Hall–Kier alpha value is -2.02. The second kappa shape index (κ2) is 6.42. The summed E-state index contributed by atoms with van der Waals surface area (Å²) in [6.07, 6.45) is 4.19. The van der Waals surface area contributed by atoms with Crippen LogP contribution in [0.2, 0.25) is 0 Å². The Morgan fingerprint density at radius 1 is 1.60 bits per heavy atom. The van der Waals surface area contributed by atoms with Crippen molar-refractivity contribution in [3.05, 3.63) is 29.0 Å². The largest absolute Gasteiger partial charge is 0.472 e. The smallest absolute Gasteiger partial charge is 0.267 e. The maximum atomic E-state index is 12.3. The molecular formula is C13H18N4O2S. The molecule has 7 heteroatoms. The van der Waals surface area contributed by atoms with E-state index in [0.717, 1.165) is 18.5 Å². The SMILES string of the molecule is CCCNc1nc(N)c(C(=O)N(C)Cc2ccoc2)s1. The maximum Gasteiger partial charge on any atom is 0.267 e. The summed E-state index contributed by atoms with van der Waals surface area (Å²) in [7, 11) is 1.73. The van der Waals surface area contributed by atoms with Gasteiger partial charge in [-0.05, 0) is 12.5 Å². The molecule has 6 nitrogen and oxygen atoms in total. The lowest BCUT2D eigenvalue weighted by molar-refractivity contribution is 0.0790. The number of nitrogen functional groups attached to an aromatic ring is 1. The normalized spacial score (nSPS) is 10.5. The van der Waals surface area contributed by atoms with Crippen molar-refractivity contribution in [3.63, 3.8) is 0 Å². The molecule has 0 aliphatic carbocycles. The quantitative estimate of drug-likeness (QED) is 0.854. The van der Waals surface area contributed by atoms with Crippen LogP contribution in [0.5, 0.6) is 0 Å². The fourth-order valence-corrected chi connectivity index (χ4v) is 2.60. The van der Waals surface area contributed by atoms with Gasteiger partial charge >= 0.3 is 0 Å². The first kappa shape index (κ1) is 14.4. The zero-order valence-corrected chi connectivity index (χ0v) is 12.4. The molecule has 1 amide bonds. The van der Waals surface area contributed by atoms with Gasteiger partial charge in [-0.3, -0.25) is 4.79 Å². The molecular weight excluding hydrogens is 276 g/mol. The highest BCUT2D eigenvalue weighted by atomic mass is 32.1. The van der Waals surface area contributed by atoms with Gasteiger partial charge in [-0.1, -0.05) is 18.3 Å². The van der Waals surface area contributed by atoms with Crippen LogP contribution < -0.4 is 11.1 Å². The molecule has 3 N–H and O–H groups in total. The van der Waals surface area contributed by atoms with Gasteiger partial charge in [0.2, 0.25) is 0 Å². The van der Waals surface area contributed by atoms with Crippen LogP contribution in [0.4, 0.5) is 10.9 Å². The van der Waals surface area contributed by atoms with Crippen molar-refractivity contribution >= 4 is 28.2 Å². The van der Waals surface area contributed by atoms with Crippen LogP contribution in [0, 0.1) is 0 Å². The fourth-order valence-electron chi connectivity index (χ4n) is 1.69. The van der Waals surface area contributed by atoms with Gasteiger partial charge in [0.1, 0.15) is 10.7 Å². The Morgan fingerprint density at radius 2 is 2.40 bits per heavy atom. The van der Waals surface area contributed by atoms with Crippen LogP contribution in [-0.2, 0) is 6.54 Å². The lowest BCUT2D eigenvalue weighted by atomic mass is 10.3. The zero-order chi connectivity index (χ0) is 14.5. The molecule has 0 radical (unpaired) electrons. The topological polar surface area (TPSA) is 84.4 Å². The predicted octanol–water partition coefficient (Wildman–Crippen LogP) is 2.41. The molecule has 0 aromatic carbocycles. The van der Waals surface area contributed by atoms with Crippen LogP contribution >= 0.6 is 11.3 Å². The van der Waals surface area contributed by atoms with E-state index in [1.807, 2.05) is 6.07 Å². The Balaban J connectivity index is 2.06. The average Bonchev–Trinajstić information content (AvgIpc) is 3.05. The molecule has 20 heavy (non-hydrogen) atoms. The van der Waals surface area contributed by atoms with Gasteiger partial charge in [-0.15, -0.1) is 0 Å². The molecule has 0 aliphatic heterocycles. The van der Waals surface area contributed by atoms with Crippen molar-refractivity contribution in [2.45, 2.75) is 19.9 Å². The second-order valence-corrected chi connectivity index (χ2v) is 5.45. The molecule has 0 saturated carbocycles. The first-order chi connectivity index (χ1) is 9.61. The first-order valence-corrected chi connectivity index (χ1v) is 7.20. The minimum atomic E-state index is -0.134. The minimum Gasteiger partial charge on any atom is -0.472 e. The standard InChI is InChI=1S/C13H18N4O2S/c1-3-5-15-13-16-11(14)10(20-13)12(18)17(2)7-9-4-6-19-8-9/h4,6,8H,3,5,7,14H2,1-2H3,(H,15,16). The number of furan rings is 1. The van der Waals surface area contributed by atoms with E-state index in [4.69, 9.17) is 10.2 Å². The van der Waals surface area contributed by atoms with Gasteiger partial charge < -0.3 is 20.4 Å². The maximum absolute atomic E-state index is 12.3. The number of hydrogen-bond donors (Lipinski definition) is 2. The molecule has 0 saturated heterocycles. The molecule has 0 unspecified atom stereocenters. The third-order valence-electron chi connectivity index (χ3n) is 2.72. The molecule has 2 aromatic heterocycles. The second-order valence-electron chi connectivity index (χ2n) is 4.45.